The molecule has 1 atom stereocenters. The summed E-state index contributed by atoms with van der Waals surface area (Å²) in [5.74, 6) is -0.776. The van der Waals surface area contributed by atoms with E-state index in [-0.39, 0.29) is 18.4 Å². The molecule has 1 aromatic carbocycles. The molecule has 6 heteroatoms. The molecule has 108 valence electrons. The van der Waals surface area contributed by atoms with Crippen LogP contribution in [0.25, 0.3) is 0 Å². The highest BCUT2D eigenvalue weighted by atomic mass is 35.5. The molecule has 1 fully saturated rings. The molecule has 0 aromatic heterocycles. The first-order valence-electron chi connectivity index (χ1n) is 6.49. The summed E-state index contributed by atoms with van der Waals surface area (Å²) in [5.41, 5.74) is 1.62. The van der Waals surface area contributed by atoms with Crippen molar-refractivity contribution in [2.24, 2.45) is 5.92 Å². The number of aliphatic carboxylic acids is 1. The van der Waals surface area contributed by atoms with Crippen LogP contribution in [-0.2, 0) is 4.79 Å². The van der Waals surface area contributed by atoms with Crippen molar-refractivity contribution in [3.63, 3.8) is 0 Å². The van der Waals surface area contributed by atoms with Gasteiger partial charge in [0.25, 0.3) is 0 Å². The maximum Gasteiger partial charge on any atom is 0.321 e. The highest BCUT2D eigenvalue weighted by Gasteiger charge is 2.27. The average Bonchev–Trinajstić information content (AvgIpc) is 2.81. The zero-order valence-corrected chi connectivity index (χ0v) is 12.0. The van der Waals surface area contributed by atoms with E-state index in [4.69, 9.17) is 16.7 Å². The molecule has 1 saturated heterocycles. The van der Waals surface area contributed by atoms with Gasteiger partial charge in [-0.25, -0.2) is 4.79 Å². The molecule has 0 bridgehead atoms. The Bertz CT molecular complexity index is 533. The molecule has 1 aliphatic rings. The number of carboxylic acids is 1. The van der Waals surface area contributed by atoms with E-state index in [1.165, 1.54) is 0 Å². The Hall–Kier alpha value is -1.75. The number of likely N-dealkylation sites (tertiary alicyclic amines) is 1. The first kappa shape index (κ1) is 14.7. The third-order valence-electron chi connectivity index (χ3n) is 3.48. The third kappa shape index (κ3) is 3.63. The van der Waals surface area contributed by atoms with Crippen LogP contribution in [0.2, 0.25) is 5.02 Å². The Morgan fingerprint density at radius 3 is 2.95 bits per heavy atom. The van der Waals surface area contributed by atoms with Gasteiger partial charge in [0.2, 0.25) is 0 Å². The second kappa shape index (κ2) is 6.13. The number of carbonyl (C=O) groups is 2. The summed E-state index contributed by atoms with van der Waals surface area (Å²) in [7, 11) is 0. The summed E-state index contributed by atoms with van der Waals surface area (Å²) in [6.07, 6.45) is 0.841. The van der Waals surface area contributed by atoms with Crippen molar-refractivity contribution >= 4 is 29.3 Å². The normalized spacial score (nSPS) is 18.1. The topological polar surface area (TPSA) is 69.6 Å². The van der Waals surface area contributed by atoms with Crippen molar-refractivity contribution in [1.82, 2.24) is 4.90 Å². The molecule has 1 aliphatic heterocycles. The number of nitrogens with one attached hydrogen (secondary N) is 1. The molecular formula is C14H17ClN2O3. The fourth-order valence-corrected chi connectivity index (χ4v) is 2.53. The summed E-state index contributed by atoms with van der Waals surface area (Å²) < 4.78 is 0. The van der Waals surface area contributed by atoms with Gasteiger partial charge >= 0.3 is 12.0 Å². The van der Waals surface area contributed by atoms with Crippen LogP contribution in [0, 0.1) is 12.8 Å². The maximum atomic E-state index is 12.1. The minimum Gasteiger partial charge on any atom is -0.481 e. The standard InChI is InChI=1S/C14H17ClN2O3/c1-9-2-3-11(15)7-12(9)16-14(20)17-5-4-10(8-17)6-13(18)19/h2-3,7,10H,4-6,8H2,1H3,(H,16,20)(H,18,19). The molecule has 5 nitrogen and oxygen atoms in total. The fraction of sp³-hybridized carbons (Fsp3) is 0.429. The van der Waals surface area contributed by atoms with E-state index in [2.05, 4.69) is 5.32 Å². The van der Waals surface area contributed by atoms with E-state index in [9.17, 15) is 9.59 Å². The number of benzene rings is 1. The lowest BCUT2D eigenvalue weighted by Gasteiger charge is -2.18. The van der Waals surface area contributed by atoms with Crippen molar-refractivity contribution in [2.75, 3.05) is 18.4 Å². The number of nitrogens with zero attached hydrogens (tertiary/aromatic N) is 1. The van der Waals surface area contributed by atoms with Crippen LogP contribution < -0.4 is 5.32 Å². The molecule has 2 amide bonds. The van der Waals surface area contributed by atoms with Crippen LogP contribution in [0.15, 0.2) is 18.2 Å². The third-order valence-corrected chi connectivity index (χ3v) is 3.71. The molecule has 2 rings (SSSR count). The van der Waals surface area contributed by atoms with E-state index >= 15 is 0 Å². The number of hydrogen-bond acceptors (Lipinski definition) is 2. The highest BCUT2D eigenvalue weighted by molar-refractivity contribution is 6.31. The van der Waals surface area contributed by atoms with Crippen LogP contribution in [0.5, 0.6) is 0 Å². The monoisotopic (exact) mass is 296 g/mol. The van der Waals surface area contributed by atoms with Gasteiger partial charge in [-0.1, -0.05) is 17.7 Å². The summed E-state index contributed by atoms with van der Waals surface area (Å²) in [5, 5.41) is 12.2. The minimum absolute atomic E-state index is 0.0405. The zero-order chi connectivity index (χ0) is 14.7. The first-order chi connectivity index (χ1) is 9.45. The molecule has 1 heterocycles. The Morgan fingerprint density at radius 2 is 2.25 bits per heavy atom. The smallest absolute Gasteiger partial charge is 0.321 e. The van der Waals surface area contributed by atoms with Gasteiger partial charge in [-0.3, -0.25) is 4.79 Å². The van der Waals surface area contributed by atoms with Crippen molar-refractivity contribution in [1.29, 1.82) is 0 Å². The first-order valence-corrected chi connectivity index (χ1v) is 6.87. The number of halogens is 1. The molecular weight excluding hydrogens is 280 g/mol. The summed E-state index contributed by atoms with van der Waals surface area (Å²) in [6.45, 7) is 2.96. The van der Waals surface area contributed by atoms with Gasteiger partial charge in [-0.05, 0) is 37.0 Å². The quantitative estimate of drug-likeness (QED) is 0.901. The average molecular weight is 297 g/mol. The number of carboxylic acid groups (broad SMARTS) is 1. The largest absolute Gasteiger partial charge is 0.481 e. The van der Waals surface area contributed by atoms with Crippen LogP contribution >= 0.6 is 11.6 Å². The Morgan fingerprint density at radius 1 is 1.50 bits per heavy atom. The number of amides is 2. The van der Waals surface area contributed by atoms with Gasteiger partial charge < -0.3 is 15.3 Å². The van der Waals surface area contributed by atoms with Crippen molar-refractivity contribution in [2.45, 2.75) is 19.8 Å². The van der Waals surface area contributed by atoms with Gasteiger partial charge in [0.1, 0.15) is 0 Å². The van der Waals surface area contributed by atoms with E-state index in [1.807, 2.05) is 13.0 Å². The van der Waals surface area contributed by atoms with Gasteiger partial charge in [0.05, 0.1) is 0 Å². The molecule has 1 aromatic rings. The molecule has 20 heavy (non-hydrogen) atoms. The van der Waals surface area contributed by atoms with Gasteiger partial charge in [0, 0.05) is 30.2 Å². The Balaban J connectivity index is 1.96. The predicted octanol–water partition coefficient (Wildman–Crippen LogP) is 2.98. The number of carbonyl (C=O) groups excluding carboxylic acids is 1. The van der Waals surface area contributed by atoms with Crippen molar-refractivity contribution in [3.05, 3.63) is 28.8 Å². The van der Waals surface area contributed by atoms with Gasteiger partial charge in [-0.2, -0.15) is 0 Å². The molecule has 0 spiro atoms. The number of hydrogen-bond donors (Lipinski definition) is 2. The lowest BCUT2D eigenvalue weighted by molar-refractivity contribution is -0.138. The Labute approximate surface area is 122 Å². The number of rotatable bonds is 3. The van der Waals surface area contributed by atoms with Gasteiger partial charge in [0.15, 0.2) is 0 Å². The lowest BCUT2D eigenvalue weighted by atomic mass is 10.1. The highest BCUT2D eigenvalue weighted by Crippen LogP contribution is 2.23. The lowest BCUT2D eigenvalue weighted by Crippen LogP contribution is -2.33. The molecule has 1 unspecified atom stereocenters. The second-order valence-electron chi connectivity index (χ2n) is 5.09. The SMILES string of the molecule is Cc1ccc(Cl)cc1NC(=O)N1CCC(CC(=O)O)C1. The Kier molecular flexibility index (Phi) is 4.49. The summed E-state index contributed by atoms with van der Waals surface area (Å²) in [6, 6.07) is 5.11. The summed E-state index contributed by atoms with van der Waals surface area (Å²) in [4.78, 5) is 24.5. The van der Waals surface area contributed by atoms with Crippen LogP contribution in [0.1, 0.15) is 18.4 Å². The van der Waals surface area contributed by atoms with E-state index in [0.29, 0.717) is 23.8 Å². The molecule has 2 N–H and O–H groups in total. The van der Waals surface area contributed by atoms with E-state index < -0.39 is 5.97 Å². The molecule has 0 radical (unpaired) electrons. The van der Waals surface area contributed by atoms with Gasteiger partial charge in [-0.15, -0.1) is 0 Å². The second-order valence-corrected chi connectivity index (χ2v) is 5.52. The number of anilines is 1. The molecule has 0 aliphatic carbocycles. The van der Waals surface area contributed by atoms with E-state index in [1.54, 1.807) is 17.0 Å². The number of aryl methyl sites for hydroxylation is 1. The van der Waals surface area contributed by atoms with Crippen molar-refractivity contribution in [3.8, 4) is 0 Å². The number of urea groups is 1. The fourth-order valence-electron chi connectivity index (χ4n) is 2.35. The summed E-state index contributed by atoms with van der Waals surface area (Å²) >= 11 is 5.91. The van der Waals surface area contributed by atoms with Crippen LogP contribution in [-0.4, -0.2) is 35.1 Å². The molecule has 0 saturated carbocycles. The predicted molar refractivity (Wildman–Crippen MR) is 77.1 cm³/mol. The van der Waals surface area contributed by atoms with E-state index in [0.717, 1.165) is 12.0 Å². The van der Waals surface area contributed by atoms with Crippen LogP contribution in [0.3, 0.4) is 0 Å². The van der Waals surface area contributed by atoms with Crippen LogP contribution in [0.4, 0.5) is 10.5 Å². The minimum atomic E-state index is -0.817. The van der Waals surface area contributed by atoms with Crippen molar-refractivity contribution < 1.29 is 14.7 Å². The zero-order valence-electron chi connectivity index (χ0n) is 11.2. The maximum absolute atomic E-state index is 12.1.